The van der Waals surface area contributed by atoms with Gasteiger partial charge in [-0.1, -0.05) is 45.9 Å². The topological polar surface area (TPSA) is 30.0 Å². The van der Waals surface area contributed by atoms with Crippen LogP contribution in [0.3, 0.4) is 0 Å². The van der Waals surface area contributed by atoms with Crippen molar-refractivity contribution in [3.63, 3.8) is 0 Å². The van der Waals surface area contributed by atoms with Crippen LogP contribution < -0.4 is 4.90 Å². The van der Waals surface area contributed by atoms with Gasteiger partial charge in [0.05, 0.1) is 6.10 Å². The highest BCUT2D eigenvalue weighted by atomic mass is 16.3. The molecule has 2 aliphatic heterocycles. The van der Waals surface area contributed by atoms with Crippen molar-refractivity contribution in [3.05, 3.63) is 29.8 Å². The SMILES string of the molecule is CCN1CCN(c2ccccc2CN2CC[C@@H](C(C)(C)C)[C@@H](O)C2)CC1. The first-order valence-corrected chi connectivity index (χ1v) is 10.3. The molecule has 0 radical (unpaired) electrons. The monoisotopic (exact) mass is 359 g/mol. The van der Waals surface area contributed by atoms with Crippen LogP contribution in [-0.4, -0.2) is 66.8 Å². The van der Waals surface area contributed by atoms with Crippen LogP contribution in [0.4, 0.5) is 5.69 Å². The van der Waals surface area contributed by atoms with E-state index in [9.17, 15) is 5.11 Å². The Labute approximate surface area is 159 Å². The van der Waals surface area contributed by atoms with Gasteiger partial charge in [-0.2, -0.15) is 0 Å². The van der Waals surface area contributed by atoms with E-state index in [1.165, 1.54) is 11.3 Å². The second-order valence-corrected chi connectivity index (χ2v) is 9.11. The normalized spacial score (nSPS) is 26.3. The van der Waals surface area contributed by atoms with Gasteiger partial charge in [-0.15, -0.1) is 0 Å². The molecule has 0 unspecified atom stereocenters. The molecular formula is C22H37N3O. The van der Waals surface area contributed by atoms with Crippen LogP contribution in [0.1, 0.15) is 39.7 Å². The number of piperidine rings is 1. The second kappa shape index (κ2) is 8.28. The van der Waals surface area contributed by atoms with Crippen molar-refractivity contribution in [2.75, 3.05) is 50.7 Å². The van der Waals surface area contributed by atoms with E-state index in [2.05, 4.69) is 66.7 Å². The van der Waals surface area contributed by atoms with Gasteiger partial charge in [0.15, 0.2) is 0 Å². The van der Waals surface area contributed by atoms with Gasteiger partial charge in [-0.3, -0.25) is 4.90 Å². The fourth-order valence-corrected chi connectivity index (χ4v) is 4.65. The molecule has 0 aliphatic carbocycles. The van der Waals surface area contributed by atoms with Crippen LogP contribution in [0.25, 0.3) is 0 Å². The summed E-state index contributed by atoms with van der Waals surface area (Å²) >= 11 is 0. The van der Waals surface area contributed by atoms with Gasteiger partial charge in [0.25, 0.3) is 0 Å². The molecule has 4 nitrogen and oxygen atoms in total. The number of aliphatic hydroxyl groups is 1. The van der Waals surface area contributed by atoms with Gasteiger partial charge in [0.1, 0.15) is 0 Å². The molecule has 0 spiro atoms. The lowest BCUT2D eigenvalue weighted by Crippen LogP contribution is -2.48. The van der Waals surface area contributed by atoms with Crippen molar-refractivity contribution in [3.8, 4) is 0 Å². The van der Waals surface area contributed by atoms with Crippen LogP contribution in [0, 0.1) is 11.3 Å². The molecule has 0 aromatic heterocycles. The van der Waals surface area contributed by atoms with E-state index in [0.717, 1.165) is 58.8 Å². The number of nitrogens with zero attached hydrogens (tertiary/aromatic N) is 3. The van der Waals surface area contributed by atoms with Gasteiger partial charge in [0.2, 0.25) is 0 Å². The van der Waals surface area contributed by atoms with E-state index < -0.39 is 0 Å². The Morgan fingerprint density at radius 3 is 2.31 bits per heavy atom. The molecule has 1 aromatic carbocycles. The van der Waals surface area contributed by atoms with Crippen molar-refractivity contribution >= 4 is 5.69 Å². The van der Waals surface area contributed by atoms with Crippen molar-refractivity contribution in [1.29, 1.82) is 0 Å². The number of likely N-dealkylation sites (N-methyl/N-ethyl adjacent to an activating group) is 1. The fraction of sp³-hybridized carbons (Fsp3) is 0.727. The molecular weight excluding hydrogens is 322 g/mol. The lowest BCUT2D eigenvalue weighted by molar-refractivity contribution is -0.0264. The molecule has 0 saturated carbocycles. The molecule has 1 N–H and O–H groups in total. The molecule has 1 aromatic rings. The van der Waals surface area contributed by atoms with Crippen LogP contribution in [0.5, 0.6) is 0 Å². The zero-order chi connectivity index (χ0) is 18.7. The van der Waals surface area contributed by atoms with Crippen LogP contribution in [0.15, 0.2) is 24.3 Å². The third kappa shape index (κ3) is 4.59. The molecule has 146 valence electrons. The summed E-state index contributed by atoms with van der Waals surface area (Å²) in [5, 5.41) is 10.7. The summed E-state index contributed by atoms with van der Waals surface area (Å²) in [4.78, 5) is 7.50. The van der Waals surface area contributed by atoms with E-state index in [4.69, 9.17) is 0 Å². The average molecular weight is 360 g/mol. The van der Waals surface area contributed by atoms with Crippen LogP contribution in [-0.2, 0) is 6.54 Å². The van der Waals surface area contributed by atoms with Crippen molar-refractivity contribution in [2.24, 2.45) is 11.3 Å². The summed E-state index contributed by atoms with van der Waals surface area (Å²) in [6.45, 7) is 17.5. The summed E-state index contributed by atoms with van der Waals surface area (Å²) in [5.41, 5.74) is 2.97. The molecule has 0 amide bonds. The first-order chi connectivity index (χ1) is 12.4. The van der Waals surface area contributed by atoms with Crippen LogP contribution >= 0.6 is 0 Å². The standard InChI is InChI=1S/C22H37N3O/c1-5-23-12-14-25(15-13-23)20-9-7-6-8-18(20)16-24-11-10-19(21(26)17-24)22(2,3)4/h6-9,19,21,26H,5,10-17H2,1-4H3/t19-,21+/m1/s1. The van der Waals surface area contributed by atoms with Gasteiger partial charge in [-0.25, -0.2) is 0 Å². The maximum absolute atomic E-state index is 10.7. The number of para-hydroxylation sites is 1. The lowest BCUT2D eigenvalue weighted by Gasteiger charge is -2.43. The smallest absolute Gasteiger partial charge is 0.0700 e. The number of benzene rings is 1. The Hall–Kier alpha value is -1.10. The molecule has 2 fully saturated rings. The molecule has 2 saturated heterocycles. The van der Waals surface area contributed by atoms with Crippen molar-refractivity contribution < 1.29 is 5.11 Å². The predicted molar refractivity (Wildman–Crippen MR) is 110 cm³/mol. The Morgan fingerprint density at radius 2 is 1.69 bits per heavy atom. The van der Waals surface area contributed by atoms with Gasteiger partial charge >= 0.3 is 0 Å². The van der Waals surface area contributed by atoms with E-state index >= 15 is 0 Å². The second-order valence-electron chi connectivity index (χ2n) is 9.11. The molecule has 2 aliphatic rings. The van der Waals surface area contributed by atoms with E-state index in [1.54, 1.807) is 0 Å². The highest BCUT2D eigenvalue weighted by Crippen LogP contribution is 2.35. The third-order valence-electron chi connectivity index (χ3n) is 6.32. The summed E-state index contributed by atoms with van der Waals surface area (Å²) < 4.78 is 0. The molecule has 26 heavy (non-hydrogen) atoms. The minimum atomic E-state index is -0.219. The Bertz CT molecular complexity index is 575. The number of anilines is 1. The number of likely N-dealkylation sites (tertiary alicyclic amines) is 1. The number of piperazine rings is 1. The summed E-state index contributed by atoms with van der Waals surface area (Å²) in [6.07, 6.45) is 0.867. The third-order valence-corrected chi connectivity index (χ3v) is 6.32. The van der Waals surface area contributed by atoms with E-state index in [-0.39, 0.29) is 11.5 Å². The zero-order valence-electron chi connectivity index (χ0n) is 17.1. The van der Waals surface area contributed by atoms with E-state index in [0.29, 0.717) is 5.92 Å². The summed E-state index contributed by atoms with van der Waals surface area (Å²) in [5.74, 6) is 0.399. The maximum Gasteiger partial charge on any atom is 0.0700 e. The number of hydrogen-bond acceptors (Lipinski definition) is 4. The van der Waals surface area contributed by atoms with Gasteiger partial charge < -0.3 is 14.9 Å². The number of aliphatic hydroxyl groups excluding tert-OH is 1. The van der Waals surface area contributed by atoms with Crippen molar-refractivity contribution in [2.45, 2.75) is 46.8 Å². The average Bonchev–Trinajstić information content (AvgIpc) is 2.61. The molecule has 3 rings (SSSR count). The minimum Gasteiger partial charge on any atom is -0.391 e. The van der Waals surface area contributed by atoms with Gasteiger partial charge in [-0.05, 0) is 42.5 Å². The maximum atomic E-state index is 10.7. The highest BCUT2D eigenvalue weighted by Gasteiger charge is 2.35. The molecule has 0 bridgehead atoms. The Kier molecular flexibility index (Phi) is 6.26. The number of β-amino-alcohol motifs (C(OH)–C–C–N with tert-alkyl or cyclic N) is 1. The Balaban J connectivity index is 1.64. The Morgan fingerprint density at radius 1 is 1.00 bits per heavy atom. The highest BCUT2D eigenvalue weighted by molar-refractivity contribution is 5.54. The van der Waals surface area contributed by atoms with Crippen molar-refractivity contribution in [1.82, 2.24) is 9.80 Å². The largest absolute Gasteiger partial charge is 0.391 e. The molecule has 2 atom stereocenters. The predicted octanol–water partition coefficient (Wildman–Crippen LogP) is 3.06. The number of rotatable bonds is 4. The quantitative estimate of drug-likeness (QED) is 0.895. The first-order valence-electron chi connectivity index (χ1n) is 10.3. The summed E-state index contributed by atoms with van der Waals surface area (Å²) in [7, 11) is 0. The summed E-state index contributed by atoms with van der Waals surface area (Å²) in [6, 6.07) is 8.85. The zero-order valence-corrected chi connectivity index (χ0v) is 17.1. The molecule has 4 heteroatoms. The first kappa shape index (κ1) is 19.7. The lowest BCUT2D eigenvalue weighted by atomic mass is 9.73. The van der Waals surface area contributed by atoms with Gasteiger partial charge in [0, 0.05) is 45.0 Å². The fourth-order valence-electron chi connectivity index (χ4n) is 4.65. The minimum absolute atomic E-state index is 0.183. The number of hydrogen-bond donors (Lipinski definition) is 1. The molecule has 2 heterocycles. The van der Waals surface area contributed by atoms with Crippen LogP contribution in [0.2, 0.25) is 0 Å². The van der Waals surface area contributed by atoms with E-state index in [1.807, 2.05) is 0 Å².